The van der Waals surface area contributed by atoms with Gasteiger partial charge in [-0.25, -0.2) is 13.5 Å². The molecule has 0 aliphatic heterocycles. The molecular weight excluding hydrogens is 314 g/mol. The Bertz CT molecular complexity index is 922. The number of hydrogen-bond acceptors (Lipinski definition) is 3. The van der Waals surface area contributed by atoms with Crippen LogP contribution in [-0.4, -0.2) is 15.7 Å². The summed E-state index contributed by atoms with van der Waals surface area (Å²) in [4.78, 5) is 12.2. The molecule has 1 amide bonds. The van der Waals surface area contributed by atoms with Gasteiger partial charge in [-0.3, -0.25) is 4.79 Å². The number of hydrogen-bond donors (Lipinski definition) is 1. The summed E-state index contributed by atoms with van der Waals surface area (Å²) in [6.07, 6.45) is 1.45. The number of aromatic nitrogens is 2. The van der Waals surface area contributed by atoms with Crippen LogP contribution in [-0.2, 0) is 0 Å². The number of nitrogens with zero attached hydrogens (tertiary/aromatic N) is 3. The lowest BCUT2D eigenvalue weighted by atomic mass is 10.1. The van der Waals surface area contributed by atoms with Gasteiger partial charge in [0.05, 0.1) is 23.5 Å². The van der Waals surface area contributed by atoms with Crippen LogP contribution in [0.5, 0.6) is 0 Å². The van der Waals surface area contributed by atoms with Gasteiger partial charge in [-0.1, -0.05) is 18.2 Å². The smallest absolute Gasteiger partial charge is 0.262 e. The number of nitriles is 1. The first-order chi connectivity index (χ1) is 11.6. The summed E-state index contributed by atoms with van der Waals surface area (Å²) < 4.78 is 29.3. The lowest BCUT2D eigenvalue weighted by Crippen LogP contribution is -2.18. The van der Waals surface area contributed by atoms with Gasteiger partial charge in [-0.15, -0.1) is 0 Å². The van der Waals surface area contributed by atoms with Gasteiger partial charge < -0.3 is 5.32 Å². The highest BCUT2D eigenvalue weighted by molar-refractivity contribution is 6.04. The average Bonchev–Trinajstić information content (AvgIpc) is 3.03. The van der Waals surface area contributed by atoms with Gasteiger partial charge in [-0.2, -0.15) is 10.4 Å². The van der Waals surface area contributed by atoms with Crippen molar-refractivity contribution in [2.45, 2.75) is 0 Å². The van der Waals surface area contributed by atoms with Crippen molar-refractivity contribution in [2.75, 3.05) is 5.32 Å². The molecule has 0 fully saturated rings. The number of para-hydroxylation sites is 1. The summed E-state index contributed by atoms with van der Waals surface area (Å²) in [7, 11) is 0. The molecule has 1 N–H and O–H groups in total. The topological polar surface area (TPSA) is 70.7 Å². The third-order valence-electron chi connectivity index (χ3n) is 3.28. The molecular formula is C17H10F2N4O. The predicted octanol–water partition coefficient (Wildman–Crippen LogP) is 3.27. The molecule has 0 aliphatic carbocycles. The molecule has 2 aromatic carbocycles. The summed E-state index contributed by atoms with van der Waals surface area (Å²) in [5.74, 6) is -2.91. The van der Waals surface area contributed by atoms with Crippen LogP contribution in [0, 0.1) is 23.0 Å². The van der Waals surface area contributed by atoms with Crippen molar-refractivity contribution < 1.29 is 13.6 Å². The summed E-state index contributed by atoms with van der Waals surface area (Å²) in [6, 6.07) is 13.7. The molecule has 0 spiro atoms. The molecule has 1 heterocycles. The van der Waals surface area contributed by atoms with Crippen molar-refractivity contribution in [2.24, 2.45) is 0 Å². The summed E-state index contributed by atoms with van der Waals surface area (Å²) >= 11 is 0. The molecule has 1 aromatic heterocycles. The van der Waals surface area contributed by atoms with Crippen LogP contribution >= 0.6 is 0 Å². The van der Waals surface area contributed by atoms with Crippen LogP contribution in [0.15, 0.2) is 54.7 Å². The van der Waals surface area contributed by atoms with E-state index in [1.54, 1.807) is 30.3 Å². The normalized spacial score (nSPS) is 10.2. The second kappa shape index (κ2) is 6.30. The van der Waals surface area contributed by atoms with Gasteiger partial charge in [0, 0.05) is 6.07 Å². The fourth-order valence-corrected chi connectivity index (χ4v) is 2.21. The van der Waals surface area contributed by atoms with E-state index in [1.807, 2.05) is 6.07 Å². The maximum absolute atomic E-state index is 13.9. The van der Waals surface area contributed by atoms with E-state index in [0.717, 1.165) is 12.1 Å². The van der Waals surface area contributed by atoms with Crippen LogP contribution in [0.4, 0.5) is 14.6 Å². The summed E-state index contributed by atoms with van der Waals surface area (Å²) in [5.41, 5.74) is -0.274. The number of amides is 1. The molecule has 7 heteroatoms. The number of halogens is 2. The Morgan fingerprint density at radius 1 is 1.12 bits per heavy atom. The van der Waals surface area contributed by atoms with E-state index in [-0.39, 0.29) is 11.4 Å². The average molecular weight is 324 g/mol. The largest absolute Gasteiger partial charge is 0.306 e. The van der Waals surface area contributed by atoms with Crippen molar-refractivity contribution in [1.29, 1.82) is 5.26 Å². The number of carbonyl (C=O) groups excluding carboxylic acids is 1. The number of rotatable bonds is 3. The van der Waals surface area contributed by atoms with Crippen LogP contribution in [0.1, 0.15) is 15.9 Å². The number of anilines is 1. The van der Waals surface area contributed by atoms with E-state index in [4.69, 9.17) is 5.26 Å². The molecule has 0 aliphatic rings. The van der Waals surface area contributed by atoms with Crippen molar-refractivity contribution in [1.82, 2.24) is 9.78 Å². The van der Waals surface area contributed by atoms with Crippen LogP contribution in [0.3, 0.4) is 0 Å². The Kier molecular flexibility index (Phi) is 4.03. The minimum Gasteiger partial charge on any atom is -0.306 e. The lowest BCUT2D eigenvalue weighted by Gasteiger charge is -2.10. The number of benzene rings is 2. The molecule has 5 nitrogen and oxygen atoms in total. The van der Waals surface area contributed by atoms with Crippen molar-refractivity contribution in [3.8, 4) is 11.8 Å². The van der Waals surface area contributed by atoms with Crippen molar-refractivity contribution in [3.63, 3.8) is 0 Å². The molecule has 3 aromatic rings. The van der Waals surface area contributed by atoms with Crippen LogP contribution in [0.25, 0.3) is 5.69 Å². The molecule has 0 saturated carbocycles. The summed E-state index contributed by atoms with van der Waals surface area (Å²) in [5, 5.41) is 15.2. The van der Waals surface area contributed by atoms with Crippen molar-refractivity contribution in [3.05, 3.63) is 77.5 Å². The molecule has 3 rings (SSSR count). The first kappa shape index (κ1) is 15.4. The molecule has 118 valence electrons. The first-order valence-corrected chi connectivity index (χ1v) is 6.90. The molecule has 24 heavy (non-hydrogen) atoms. The molecule has 0 saturated heterocycles. The predicted molar refractivity (Wildman–Crippen MR) is 82.6 cm³/mol. The summed E-state index contributed by atoms with van der Waals surface area (Å²) in [6.45, 7) is 0. The standard InChI is InChI=1S/C17H10F2N4O/c18-13-8-11(10-20)9-14(19)16(13)17(24)22-15-6-7-21-23(15)12-4-2-1-3-5-12/h1-9H,(H,22,24). The zero-order chi connectivity index (χ0) is 17.1. The molecule has 0 unspecified atom stereocenters. The highest BCUT2D eigenvalue weighted by Crippen LogP contribution is 2.19. The second-order valence-corrected chi connectivity index (χ2v) is 4.84. The third-order valence-corrected chi connectivity index (χ3v) is 3.28. The maximum atomic E-state index is 13.9. The van der Waals surface area contributed by atoms with Crippen LogP contribution in [0.2, 0.25) is 0 Å². The quantitative estimate of drug-likeness (QED) is 0.804. The van der Waals surface area contributed by atoms with Gasteiger partial charge in [0.2, 0.25) is 0 Å². The molecule has 0 radical (unpaired) electrons. The van der Waals surface area contributed by atoms with Crippen LogP contribution < -0.4 is 5.32 Å². The fourth-order valence-electron chi connectivity index (χ4n) is 2.21. The zero-order valence-electron chi connectivity index (χ0n) is 12.2. The van der Waals surface area contributed by atoms with E-state index >= 15 is 0 Å². The van der Waals surface area contributed by atoms with E-state index in [9.17, 15) is 13.6 Å². The lowest BCUT2D eigenvalue weighted by molar-refractivity contribution is 0.101. The van der Waals surface area contributed by atoms with Gasteiger partial charge in [0.25, 0.3) is 5.91 Å². The number of nitrogens with one attached hydrogen (secondary N) is 1. The first-order valence-electron chi connectivity index (χ1n) is 6.90. The SMILES string of the molecule is N#Cc1cc(F)c(C(=O)Nc2ccnn2-c2ccccc2)c(F)c1. The Hall–Kier alpha value is -3.53. The highest BCUT2D eigenvalue weighted by Gasteiger charge is 2.20. The van der Waals surface area contributed by atoms with E-state index in [2.05, 4.69) is 10.4 Å². The second-order valence-electron chi connectivity index (χ2n) is 4.84. The van der Waals surface area contributed by atoms with Gasteiger partial charge in [0.15, 0.2) is 0 Å². The molecule has 0 atom stereocenters. The van der Waals surface area contributed by atoms with Gasteiger partial charge in [0.1, 0.15) is 23.0 Å². The Labute approximate surface area is 135 Å². The highest BCUT2D eigenvalue weighted by atomic mass is 19.1. The van der Waals surface area contributed by atoms with Gasteiger partial charge >= 0.3 is 0 Å². The zero-order valence-corrected chi connectivity index (χ0v) is 12.2. The fraction of sp³-hybridized carbons (Fsp3) is 0. The Morgan fingerprint density at radius 2 is 1.79 bits per heavy atom. The Morgan fingerprint density at radius 3 is 2.42 bits per heavy atom. The van der Waals surface area contributed by atoms with E-state index in [0.29, 0.717) is 5.69 Å². The number of carbonyl (C=O) groups is 1. The Balaban J connectivity index is 1.93. The third kappa shape index (κ3) is 2.85. The minimum atomic E-state index is -1.10. The van der Waals surface area contributed by atoms with E-state index in [1.165, 1.54) is 16.9 Å². The monoisotopic (exact) mass is 324 g/mol. The van der Waals surface area contributed by atoms with Crippen molar-refractivity contribution >= 4 is 11.7 Å². The van der Waals surface area contributed by atoms with E-state index < -0.39 is 23.1 Å². The maximum Gasteiger partial charge on any atom is 0.262 e. The molecule has 0 bridgehead atoms. The minimum absolute atomic E-state index is 0.198. The van der Waals surface area contributed by atoms with Gasteiger partial charge in [-0.05, 0) is 24.3 Å².